The van der Waals surface area contributed by atoms with Crippen LogP contribution in [0.1, 0.15) is 40.5 Å². The van der Waals surface area contributed by atoms with Crippen LogP contribution >= 0.6 is 24.0 Å². The summed E-state index contributed by atoms with van der Waals surface area (Å²) in [5, 5.41) is 0. The second kappa shape index (κ2) is 9.78. The number of hydrogen-bond acceptors (Lipinski definition) is 1. The zero-order valence-electron chi connectivity index (χ0n) is 8.80. The van der Waals surface area contributed by atoms with Gasteiger partial charge < -0.3 is 4.74 Å². The Labute approximate surface area is 94.3 Å². The summed E-state index contributed by atoms with van der Waals surface area (Å²) in [7, 11) is 0. The highest BCUT2D eigenvalue weighted by molar-refractivity contribution is 14.0. The van der Waals surface area contributed by atoms with E-state index in [1.807, 2.05) is 0 Å². The van der Waals surface area contributed by atoms with Gasteiger partial charge in [0.1, 0.15) is 0 Å². The molecule has 2 heteroatoms. The Morgan fingerprint density at radius 2 is 1.17 bits per heavy atom. The van der Waals surface area contributed by atoms with Crippen LogP contribution in [0.2, 0.25) is 0 Å². The van der Waals surface area contributed by atoms with Gasteiger partial charge in [0, 0.05) is 13.2 Å². The van der Waals surface area contributed by atoms with Crippen molar-refractivity contribution in [3.05, 3.63) is 0 Å². The summed E-state index contributed by atoms with van der Waals surface area (Å²) >= 11 is 0. The normalized spacial score (nSPS) is 10.5. The first-order valence-corrected chi connectivity index (χ1v) is 4.70. The molecule has 0 amide bonds. The van der Waals surface area contributed by atoms with Crippen molar-refractivity contribution in [2.45, 2.75) is 40.5 Å². The third-order valence-electron chi connectivity index (χ3n) is 1.68. The van der Waals surface area contributed by atoms with Crippen LogP contribution in [0.3, 0.4) is 0 Å². The van der Waals surface area contributed by atoms with Gasteiger partial charge in [0.25, 0.3) is 0 Å². The summed E-state index contributed by atoms with van der Waals surface area (Å²) in [6.45, 7) is 10.8. The summed E-state index contributed by atoms with van der Waals surface area (Å²) in [4.78, 5) is 0. The summed E-state index contributed by atoms with van der Waals surface area (Å²) in [6, 6.07) is 0. The maximum Gasteiger partial charge on any atom is 0.0468 e. The van der Waals surface area contributed by atoms with Crippen LogP contribution < -0.4 is 0 Å². The minimum atomic E-state index is 0. The van der Waals surface area contributed by atoms with Crippen LogP contribution in [0.4, 0.5) is 0 Å². The smallest absolute Gasteiger partial charge is 0.0468 e. The maximum atomic E-state index is 5.46. The van der Waals surface area contributed by atoms with Crippen LogP contribution in [0.25, 0.3) is 0 Å². The Kier molecular flexibility index (Phi) is 12.4. The SMILES string of the molecule is CC(C)CCOCCC(C)C.I. The molecule has 0 fully saturated rings. The van der Waals surface area contributed by atoms with Crippen molar-refractivity contribution >= 4 is 24.0 Å². The fourth-order valence-corrected chi connectivity index (χ4v) is 0.740. The fraction of sp³-hybridized carbons (Fsp3) is 1.00. The van der Waals surface area contributed by atoms with Crippen LogP contribution in [0.5, 0.6) is 0 Å². The van der Waals surface area contributed by atoms with Crippen molar-refractivity contribution in [2.75, 3.05) is 13.2 Å². The molecule has 0 saturated heterocycles. The predicted molar refractivity (Wildman–Crippen MR) is 65.1 cm³/mol. The topological polar surface area (TPSA) is 9.23 Å². The lowest BCUT2D eigenvalue weighted by atomic mass is 10.1. The number of rotatable bonds is 6. The first kappa shape index (κ1) is 15.2. The first-order valence-electron chi connectivity index (χ1n) is 4.70. The Morgan fingerprint density at radius 1 is 0.833 bits per heavy atom. The molecule has 0 aromatic heterocycles. The van der Waals surface area contributed by atoms with Crippen LogP contribution in [-0.2, 0) is 4.74 Å². The van der Waals surface area contributed by atoms with E-state index in [1.165, 1.54) is 12.8 Å². The molecule has 0 radical (unpaired) electrons. The fourth-order valence-electron chi connectivity index (χ4n) is 0.740. The van der Waals surface area contributed by atoms with Gasteiger partial charge in [-0.25, -0.2) is 0 Å². The Morgan fingerprint density at radius 3 is 1.42 bits per heavy atom. The van der Waals surface area contributed by atoms with Crippen molar-refractivity contribution in [3.63, 3.8) is 0 Å². The van der Waals surface area contributed by atoms with Crippen LogP contribution in [0, 0.1) is 11.8 Å². The Bertz CT molecular complexity index is 71.9. The number of ether oxygens (including phenoxy) is 1. The molecule has 0 aromatic carbocycles. The average Bonchev–Trinajstić information content (AvgIpc) is 1.85. The van der Waals surface area contributed by atoms with Gasteiger partial charge in [0.05, 0.1) is 0 Å². The predicted octanol–water partition coefficient (Wildman–Crippen LogP) is 3.71. The minimum absolute atomic E-state index is 0. The molecule has 0 aromatic rings. The highest BCUT2D eigenvalue weighted by Crippen LogP contribution is 2.02. The van der Waals surface area contributed by atoms with Gasteiger partial charge in [-0.05, 0) is 24.7 Å². The van der Waals surface area contributed by atoms with Gasteiger partial charge in [-0.2, -0.15) is 0 Å². The van der Waals surface area contributed by atoms with E-state index >= 15 is 0 Å². The maximum absolute atomic E-state index is 5.46. The zero-order valence-corrected chi connectivity index (χ0v) is 11.1. The van der Waals surface area contributed by atoms with Gasteiger partial charge in [-0.1, -0.05) is 27.7 Å². The van der Waals surface area contributed by atoms with E-state index < -0.39 is 0 Å². The molecular weight excluding hydrogens is 263 g/mol. The largest absolute Gasteiger partial charge is 0.381 e. The Hall–Kier alpha value is 0.690. The van der Waals surface area contributed by atoms with Gasteiger partial charge in [0.15, 0.2) is 0 Å². The molecular formula is C10H23IO. The second-order valence-corrected chi connectivity index (χ2v) is 3.98. The molecule has 76 valence electrons. The lowest BCUT2D eigenvalue weighted by Gasteiger charge is -2.07. The average molecular weight is 286 g/mol. The van der Waals surface area contributed by atoms with Gasteiger partial charge in [-0.3, -0.25) is 0 Å². The zero-order chi connectivity index (χ0) is 8.69. The van der Waals surface area contributed by atoms with Gasteiger partial charge >= 0.3 is 0 Å². The van der Waals surface area contributed by atoms with Gasteiger partial charge in [-0.15, -0.1) is 24.0 Å². The number of hydrogen-bond donors (Lipinski definition) is 0. The van der Waals surface area contributed by atoms with Crippen LogP contribution in [0.15, 0.2) is 0 Å². The lowest BCUT2D eigenvalue weighted by molar-refractivity contribution is 0.114. The summed E-state index contributed by atoms with van der Waals surface area (Å²) in [6.07, 6.45) is 2.39. The molecule has 0 bridgehead atoms. The second-order valence-electron chi connectivity index (χ2n) is 3.98. The van der Waals surface area contributed by atoms with Gasteiger partial charge in [0.2, 0.25) is 0 Å². The molecule has 0 unspecified atom stereocenters. The highest BCUT2D eigenvalue weighted by atomic mass is 127. The van der Waals surface area contributed by atoms with E-state index in [4.69, 9.17) is 4.74 Å². The Balaban J connectivity index is 0. The molecule has 0 saturated carbocycles. The summed E-state index contributed by atoms with van der Waals surface area (Å²) in [5.74, 6) is 1.54. The molecule has 0 aliphatic carbocycles. The third-order valence-corrected chi connectivity index (χ3v) is 1.68. The molecule has 0 atom stereocenters. The van der Waals surface area contributed by atoms with E-state index in [-0.39, 0.29) is 24.0 Å². The molecule has 12 heavy (non-hydrogen) atoms. The van der Waals surface area contributed by atoms with Crippen molar-refractivity contribution in [1.29, 1.82) is 0 Å². The molecule has 0 spiro atoms. The first-order chi connectivity index (χ1) is 5.13. The highest BCUT2D eigenvalue weighted by Gasteiger charge is 1.95. The van der Waals surface area contributed by atoms with Crippen molar-refractivity contribution < 1.29 is 4.74 Å². The molecule has 0 rings (SSSR count). The molecule has 0 heterocycles. The monoisotopic (exact) mass is 286 g/mol. The third kappa shape index (κ3) is 13.3. The van der Waals surface area contributed by atoms with Crippen LogP contribution in [-0.4, -0.2) is 13.2 Å². The molecule has 0 aliphatic rings. The van der Waals surface area contributed by atoms with E-state index in [0.29, 0.717) is 0 Å². The standard InChI is InChI=1S/C10H22O.HI/c1-9(2)5-7-11-8-6-10(3)4;/h9-10H,5-8H2,1-4H3;1H. The van der Waals surface area contributed by atoms with E-state index in [2.05, 4.69) is 27.7 Å². The van der Waals surface area contributed by atoms with Crippen molar-refractivity contribution in [2.24, 2.45) is 11.8 Å². The molecule has 0 N–H and O–H groups in total. The van der Waals surface area contributed by atoms with E-state index in [9.17, 15) is 0 Å². The number of halogens is 1. The van der Waals surface area contributed by atoms with Crippen molar-refractivity contribution in [1.82, 2.24) is 0 Å². The lowest BCUT2D eigenvalue weighted by Crippen LogP contribution is -2.02. The quantitative estimate of drug-likeness (QED) is 0.534. The van der Waals surface area contributed by atoms with Crippen molar-refractivity contribution in [3.8, 4) is 0 Å². The van der Waals surface area contributed by atoms with E-state index in [0.717, 1.165) is 25.0 Å². The molecule has 1 nitrogen and oxygen atoms in total. The summed E-state index contributed by atoms with van der Waals surface area (Å²) in [5.41, 5.74) is 0. The van der Waals surface area contributed by atoms with E-state index in [1.54, 1.807) is 0 Å². The molecule has 0 aliphatic heterocycles. The summed E-state index contributed by atoms with van der Waals surface area (Å²) < 4.78 is 5.46. The minimum Gasteiger partial charge on any atom is -0.381 e.